The number of nitrogens with one attached hydrogen (secondary N) is 2. The third-order valence-corrected chi connectivity index (χ3v) is 2.79. The largest absolute Gasteiger partial charge is 0.367 e. The van der Waals surface area contributed by atoms with Gasteiger partial charge in [-0.05, 0) is 31.8 Å². The summed E-state index contributed by atoms with van der Waals surface area (Å²) in [7, 11) is 0. The Kier molecular flexibility index (Phi) is 2.30. The third-order valence-electron chi connectivity index (χ3n) is 2.79. The van der Waals surface area contributed by atoms with Crippen molar-refractivity contribution in [3.05, 3.63) is 23.0 Å². The summed E-state index contributed by atoms with van der Waals surface area (Å²) in [6.45, 7) is 4.42. The van der Waals surface area contributed by atoms with Gasteiger partial charge in [0.2, 0.25) is 0 Å². The fourth-order valence-corrected chi connectivity index (χ4v) is 2.10. The Labute approximate surface area is 80.1 Å². The van der Waals surface area contributed by atoms with E-state index in [4.69, 9.17) is 0 Å². The molecule has 1 aliphatic heterocycles. The van der Waals surface area contributed by atoms with Crippen LogP contribution in [0.3, 0.4) is 0 Å². The second-order valence-corrected chi connectivity index (χ2v) is 3.91. The Hall–Kier alpha value is -0.920. The molecule has 0 saturated heterocycles. The van der Waals surface area contributed by atoms with E-state index >= 15 is 0 Å². The number of rotatable bonds is 2. The minimum absolute atomic E-state index is 0.483. The number of hydrogen-bond acceptors (Lipinski definition) is 2. The summed E-state index contributed by atoms with van der Waals surface area (Å²) in [5, 5.41) is 7.10. The lowest BCUT2D eigenvalue weighted by atomic mass is 10.0. The number of allylic oxidation sites excluding steroid dienone is 3. The van der Waals surface area contributed by atoms with Gasteiger partial charge in [0.15, 0.2) is 0 Å². The Morgan fingerprint density at radius 2 is 2.31 bits per heavy atom. The zero-order chi connectivity index (χ0) is 9.26. The SMILES string of the molecule is CCCC1NC2=C(N1)C(C)=CCC2. The standard InChI is InChI=1S/C11H18N2/c1-3-5-10-12-9-7-4-6-8(2)11(9)13-10/h6,10,12-13H,3-5,7H2,1-2H3. The smallest absolute Gasteiger partial charge is 0.0962 e. The molecular formula is C11H18N2. The first-order valence-electron chi connectivity index (χ1n) is 5.24. The molecule has 0 radical (unpaired) electrons. The van der Waals surface area contributed by atoms with Crippen molar-refractivity contribution in [1.82, 2.24) is 10.6 Å². The monoisotopic (exact) mass is 178 g/mol. The van der Waals surface area contributed by atoms with E-state index < -0.39 is 0 Å². The molecule has 0 bridgehead atoms. The molecule has 2 aliphatic rings. The predicted molar refractivity (Wildman–Crippen MR) is 55.0 cm³/mol. The maximum Gasteiger partial charge on any atom is 0.0962 e. The highest BCUT2D eigenvalue weighted by molar-refractivity contribution is 5.38. The highest BCUT2D eigenvalue weighted by Crippen LogP contribution is 2.26. The Morgan fingerprint density at radius 3 is 3.00 bits per heavy atom. The van der Waals surface area contributed by atoms with Crippen LogP contribution in [0.4, 0.5) is 0 Å². The maximum absolute atomic E-state index is 3.55. The van der Waals surface area contributed by atoms with E-state index in [9.17, 15) is 0 Å². The first kappa shape index (κ1) is 8.67. The summed E-state index contributed by atoms with van der Waals surface area (Å²) in [6.07, 6.45) is 7.62. The van der Waals surface area contributed by atoms with Crippen LogP contribution >= 0.6 is 0 Å². The van der Waals surface area contributed by atoms with Gasteiger partial charge in [-0.2, -0.15) is 0 Å². The van der Waals surface area contributed by atoms with Crippen molar-refractivity contribution in [2.24, 2.45) is 0 Å². The van der Waals surface area contributed by atoms with Crippen LogP contribution in [-0.4, -0.2) is 6.17 Å². The lowest BCUT2D eigenvalue weighted by molar-refractivity contribution is 0.504. The van der Waals surface area contributed by atoms with Gasteiger partial charge in [0.1, 0.15) is 0 Å². The van der Waals surface area contributed by atoms with Crippen LogP contribution in [0.15, 0.2) is 23.0 Å². The Morgan fingerprint density at radius 1 is 1.46 bits per heavy atom. The molecule has 0 aromatic heterocycles. The Bertz CT molecular complexity index is 263. The molecule has 0 aromatic rings. The van der Waals surface area contributed by atoms with E-state index in [1.165, 1.54) is 42.7 Å². The van der Waals surface area contributed by atoms with Gasteiger partial charge in [0, 0.05) is 5.70 Å². The first-order chi connectivity index (χ1) is 6.31. The molecule has 1 unspecified atom stereocenters. The lowest BCUT2D eigenvalue weighted by Crippen LogP contribution is -2.32. The molecule has 2 N–H and O–H groups in total. The van der Waals surface area contributed by atoms with E-state index in [0.29, 0.717) is 6.17 Å². The van der Waals surface area contributed by atoms with Crippen molar-refractivity contribution in [3.63, 3.8) is 0 Å². The quantitative estimate of drug-likeness (QED) is 0.677. The van der Waals surface area contributed by atoms with Crippen molar-refractivity contribution in [3.8, 4) is 0 Å². The maximum atomic E-state index is 3.55. The van der Waals surface area contributed by atoms with Gasteiger partial charge >= 0.3 is 0 Å². The molecule has 1 aliphatic carbocycles. The van der Waals surface area contributed by atoms with Crippen molar-refractivity contribution in [1.29, 1.82) is 0 Å². The summed E-state index contributed by atoms with van der Waals surface area (Å²) >= 11 is 0. The van der Waals surface area contributed by atoms with Crippen molar-refractivity contribution >= 4 is 0 Å². The summed E-state index contributed by atoms with van der Waals surface area (Å²) in [5.41, 5.74) is 4.20. The molecule has 13 heavy (non-hydrogen) atoms. The van der Waals surface area contributed by atoms with Gasteiger partial charge in [-0.1, -0.05) is 19.4 Å². The van der Waals surface area contributed by atoms with E-state index in [1.807, 2.05) is 0 Å². The van der Waals surface area contributed by atoms with Gasteiger partial charge in [-0.15, -0.1) is 0 Å². The van der Waals surface area contributed by atoms with Gasteiger partial charge in [-0.25, -0.2) is 0 Å². The molecule has 0 aromatic carbocycles. The minimum atomic E-state index is 0.483. The molecule has 1 atom stereocenters. The number of hydrogen-bond donors (Lipinski definition) is 2. The second kappa shape index (κ2) is 3.44. The van der Waals surface area contributed by atoms with E-state index in [0.717, 1.165) is 0 Å². The van der Waals surface area contributed by atoms with Crippen LogP contribution in [0.25, 0.3) is 0 Å². The summed E-state index contributed by atoms with van der Waals surface area (Å²) in [4.78, 5) is 0. The molecule has 0 spiro atoms. The van der Waals surface area contributed by atoms with Crippen molar-refractivity contribution in [2.45, 2.75) is 45.7 Å². The molecule has 0 amide bonds. The highest BCUT2D eigenvalue weighted by atomic mass is 15.2. The van der Waals surface area contributed by atoms with Crippen molar-refractivity contribution < 1.29 is 0 Å². The van der Waals surface area contributed by atoms with Crippen LogP contribution in [0.5, 0.6) is 0 Å². The van der Waals surface area contributed by atoms with Crippen LogP contribution in [-0.2, 0) is 0 Å². The second-order valence-electron chi connectivity index (χ2n) is 3.91. The molecule has 0 fully saturated rings. The molecule has 0 saturated carbocycles. The van der Waals surface area contributed by atoms with Gasteiger partial charge in [0.05, 0.1) is 11.9 Å². The van der Waals surface area contributed by atoms with Crippen LogP contribution in [0.2, 0.25) is 0 Å². The van der Waals surface area contributed by atoms with Gasteiger partial charge in [-0.3, -0.25) is 0 Å². The van der Waals surface area contributed by atoms with E-state index in [1.54, 1.807) is 0 Å². The van der Waals surface area contributed by atoms with Crippen LogP contribution in [0.1, 0.15) is 39.5 Å². The van der Waals surface area contributed by atoms with Gasteiger partial charge in [0.25, 0.3) is 0 Å². The fraction of sp³-hybridized carbons (Fsp3) is 0.636. The van der Waals surface area contributed by atoms with Crippen molar-refractivity contribution in [2.75, 3.05) is 0 Å². The lowest BCUT2D eigenvalue weighted by Gasteiger charge is -2.12. The van der Waals surface area contributed by atoms with Gasteiger partial charge < -0.3 is 10.6 Å². The highest BCUT2D eigenvalue weighted by Gasteiger charge is 2.23. The molecule has 1 heterocycles. The van der Waals surface area contributed by atoms with Crippen LogP contribution < -0.4 is 10.6 Å². The average molecular weight is 178 g/mol. The molecule has 72 valence electrons. The van der Waals surface area contributed by atoms with E-state index in [2.05, 4.69) is 30.6 Å². The molecular weight excluding hydrogens is 160 g/mol. The first-order valence-corrected chi connectivity index (χ1v) is 5.24. The normalized spacial score (nSPS) is 26.3. The third kappa shape index (κ3) is 1.58. The Balaban J connectivity index is 2.06. The summed E-state index contributed by atoms with van der Waals surface area (Å²) in [6, 6.07) is 0. The minimum Gasteiger partial charge on any atom is -0.367 e. The molecule has 2 rings (SSSR count). The fourth-order valence-electron chi connectivity index (χ4n) is 2.10. The molecule has 2 nitrogen and oxygen atoms in total. The van der Waals surface area contributed by atoms with Crippen LogP contribution in [0, 0.1) is 0 Å². The van der Waals surface area contributed by atoms with E-state index in [-0.39, 0.29) is 0 Å². The average Bonchev–Trinajstić information content (AvgIpc) is 2.49. The topological polar surface area (TPSA) is 24.1 Å². The molecule has 2 heteroatoms. The zero-order valence-electron chi connectivity index (χ0n) is 8.48. The predicted octanol–water partition coefficient (Wildman–Crippen LogP) is 2.26. The summed E-state index contributed by atoms with van der Waals surface area (Å²) in [5.74, 6) is 0. The zero-order valence-corrected chi connectivity index (χ0v) is 8.48. The summed E-state index contributed by atoms with van der Waals surface area (Å²) < 4.78 is 0.